The van der Waals surface area contributed by atoms with Gasteiger partial charge < -0.3 is 121 Å². The number of halogens is 11. The summed E-state index contributed by atoms with van der Waals surface area (Å²) in [6, 6.07) is 13.0. The number of alkyl halides is 9. The molecule has 0 saturated heterocycles. The van der Waals surface area contributed by atoms with Crippen molar-refractivity contribution in [2.45, 2.75) is 317 Å². The van der Waals surface area contributed by atoms with E-state index in [-0.39, 0.29) is 182 Å². The first-order chi connectivity index (χ1) is 64.3. The topological polar surface area (TPSA) is 427 Å². The standard InChI is InChI=1S/2C27H35F3O8.C23H29F3O6.2C6H15N.C4H7ClO2.C4H10O.C3H8O.ClH.K/c2*1-17(2)37-26(35)38-25(34)11-6-4-3-5-10-21-22(24(33)15-23(21)32)13-12-19(31)16-36-20-9-7-8-18(14-20)27(28,29)30;24-23(25,26)15-6-5-7-17(12-15)32-14-16(27)10-11-19-18(20(28)13-21(19)29)8-3-1-2-4-9-22(30)31;2*1-4-7(5-2)6-3;1-3(2)7-4(5)6;1-4(2,3)5;1-3(2)4;;/h2*3,5,7-9,12-14,17,19,21-24,31-33H,4,6,10-11,15-16H2,1-2H3;1,3,5-7,10-12,16,18-21,27-29H,2,4,8-9,13-14H2,(H,30,31);2*4-6H2,1-3H3;3H,1-2H3;5H,1-3H3;3-4H,1-2H3;1H;/q;;;;;;;;;+1/b2*5-3-,13-12+;3-1-,11-10+;;;;;;;/t2*19-,21-,22-,23+,24-;16-,18-,19-,20+,21-;;;;;;;/m111......./s1. The Bertz CT molecular complexity index is 3830. The number of benzene rings is 3. The van der Waals surface area contributed by atoms with Gasteiger partial charge in [0.2, 0.25) is 0 Å². The molecule has 0 unspecified atom stereocenters. The summed E-state index contributed by atoms with van der Waals surface area (Å²) in [6.45, 7) is 38.5. The molecule has 13 N–H and O–H groups in total. The zero-order valence-corrected chi connectivity index (χ0v) is 88.6. The number of allylic oxidation sites excluding steroid dienone is 6. The summed E-state index contributed by atoms with van der Waals surface area (Å²) >= 11 is 4.81. The fourth-order valence-corrected chi connectivity index (χ4v) is 13.6. The number of rotatable bonds is 42. The van der Waals surface area contributed by atoms with E-state index < -0.39 is 149 Å². The number of carboxylic acid groups (broad SMARTS) is 1. The number of ether oxygens (including phenoxy) is 8. The molecule has 6 rings (SSSR count). The molecule has 0 aliphatic heterocycles. The van der Waals surface area contributed by atoms with Crippen molar-refractivity contribution in [1.82, 2.24) is 4.90 Å². The van der Waals surface area contributed by atoms with Crippen LogP contribution in [0.25, 0.3) is 0 Å². The Balaban J connectivity index is -0.000000855. The van der Waals surface area contributed by atoms with Crippen molar-refractivity contribution in [2.24, 2.45) is 35.5 Å². The van der Waals surface area contributed by atoms with Gasteiger partial charge in [0.15, 0.2) is 0 Å². The van der Waals surface area contributed by atoms with Crippen LogP contribution in [0.5, 0.6) is 17.2 Å². The number of nitrogens with one attached hydrogen (secondary N) is 1. The first-order valence-electron chi connectivity index (χ1n) is 46.8. The zero-order chi connectivity index (χ0) is 106. The van der Waals surface area contributed by atoms with Crippen molar-refractivity contribution < 1.29 is 236 Å². The maximum absolute atomic E-state index is 12.8. The Morgan fingerprint density at radius 1 is 0.443 bits per heavy atom. The summed E-state index contributed by atoms with van der Waals surface area (Å²) in [5.74, 6) is -4.49. The molecule has 0 heterocycles. The Hall–Kier alpha value is -6.61. The average Bonchev–Trinajstić information content (AvgIpc) is 1.76. The normalized spacial score (nSPS) is 20.2. The quantitative estimate of drug-likeness (QED) is 0.00366. The summed E-state index contributed by atoms with van der Waals surface area (Å²) in [6.07, 6.45) is 0.471. The van der Waals surface area contributed by atoms with E-state index in [9.17, 15) is 114 Å². The van der Waals surface area contributed by atoms with E-state index in [1.807, 2.05) is 36.5 Å². The maximum atomic E-state index is 12.8. The first-order valence-corrected chi connectivity index (χ1v) is 47.1. The van der Waals surface area contributed by atoms with E-state index in [1.54, 1.807) is 99.3 Å². The van der Waals surface area contributed by atoms with Crippen molar-refractivity contribution in [3.63, 3.8) is 0 Å². The number of esters is 2. The molecule has 3 aromatic carbocycles. The SMILES string of the molecule is CC(C)(C)O.CC(C)O.CC(C)OC(=O)Cl.CC(C)OC(=O)OC(=O)CCC/C=C\C[C@@H]1[C@@H](/C=C/[C@@H](O)COc2cccc(C(F)(F)F)c2)[C@H](O)C[C@@H]1O.CC(C)OC(=O)OC(=O)CCC/C=C\C[C@@H]1[C@@H](/C=C/[C@@H](O)COc2cccc(C(F)(F)F)c2)[C@H](O)C[C@@H]1O.CCN(CC)CC.CC[NH+](CC)CC.O=C(O)CCC/C=C\C[C@@H]1[C@@H](/C=C/[C@@H](O)COc2cccc(C(F)(F)F)c2)[C@H](O)C[C@@H]1O.[Cl-].[K+]. The molecule has 3 saturated carbocycles. The molecule has 140 heavy (non-hydrogen) atoms. The van der Waals surface area contributed by atoms with Crippen LogP contribution >= 0.6 is 11.6 Å². The molecule has 0 spiro atoms. The number of carbonyl (C=O) groups is 6. The summed E-state index contributed by atoms with van der Waals surface area (Å²) in [7, 11) is 0. The Morgan fingerprint density at radius 2 is 0.700 bits per heavy atom. The molecule has 0 bridgehead atoms. The molecule has 15 atom stereocenters. The molecule has 0 radical (unpaired) electrons. The number of aliphatic carboxylic acids is 1. The number of quaternary nitrogens is 1. The van der Waals surface area contributed by atoms with Crippen molar-refractivity contribution >= 4 is 47.2 Å². The number of unbranched alkanes of at least 4 members (excludes halogenated alkanes) is 3. The van der Waals surface area contributed by atoms with E-state index in [4.69, 9.17) is 50.6 Å². The van der Waals surface area contributed by atoms with Gasteiger partial charge in [0.1, 0.15) is 55.4 Å². The van der Waals surface area contributed by atoms with Crippen LogP contribution in [-0.2, 0) is 56.6 Å². The van der Waals surface area contributed by atoms with Crippen LogP contribution in [0.4, 0.5) is 53.9 Å². The molecular formula is C100H155Cl2F9KN2O26+. The summed E-state index contributed by atoms with van der Waals surface area (Å²) in [4.78, 5) is 70.2. The van der Waals surface area contributed by atoms with Gasteiger partial charge in [-0.2, -0.15) is 39.5 Å². The van der Waals surface area contributed by atoms with Gasteiger partial charge >= 0.3 is 106 Å². The summed E-state index contributed by atoms with van der Waals surface area (Å²) in [5.41, 5.74) is -3.80. The molecule has 40 heteroatoms. The molecule has 3 aliphatic rings. The fraction of sp³-hybridized carbons (Fsp3) is 0.640. The van der Waals surface area contributed by atoms with Gasteiger partial charge in [-0.15, -0.1) is 0 Å². The van der Waals surface area contributed by atoms with Gasteiger partial charge in [-0.1, -0.05) is 112 Å². The average molecular weight is 2080 g/mol. The van der Waals surface area contributed by atoms with Crippen LogP contribution in [0, 0.1) is 35.5 Å². The number of aliphatic hydroxyl groups is 11. The van der Waals surface area contributed by atoms with Crippen LogP contribution in [-0.4, -0.2) is 246 Å². The van der Waals surface area contributed by atoms with Crippen molar-refractivity contribution in [1.29, 1.82) is 0 Å². The molecule has 28 nitrogen and oxygen atoms in total. The second-order valence-electron chi connectivity index (χ2n) is 34.8. The number of hydrogen-bond donors (Lipinski definition) is 13. The molecule has 3 aliphatic carbocycles. The minimum Gasteiger partial charge on any atom is -1.00 e. The number of hydrogen-bond acceptors (Lipinski definition) is 26. The van der Waals surface area contributed by atoms with Gasteiger partial charge in [0, 0.05) is 74.0 Å². The molecule has 798 valence electrons. The van der Waals surface area contributed by atoms with Gasteiger partial charge in [0.05, 0.1) is 96.9 Å². The minimum atomic E-state index is -4.50. The predicted molar refractivity (Wildman–Crippen MR) is 506 cm³/mol. The first kappa shape index (κ1) is 140. The molecular weight excluding hydrogens is 1930 g/mol. The zero-order valence-electron chi connectivity index (χ0n) is 84.0. The van der Waals surface area contributed by atoms with Crippen LogP contribution in [0.15, 0.2) is 146 Å². The number of carboxylic acids is 1. The van der Waals surface area contributed by atoms with Gasteiger partial charge in [-0.05, 0) is 247 Å². The minimum absolute atomic E-state index is 0. The van der Waals surface area contributed by atoms with Crippen molar-refractivity contribution in [3.8, 4) is 17.2 Å². The van der Waals surface area contributed by atoms with Crippen LogP contribution in [0.2, 0.25) is 0 Å². The van der Waals surface area contributed by atoms with Crippen LogP contribution < -0.4 is 82.9 Å². The Labute approximate surface area is 873 Å². The third-order valence-corrected chi connectivity index (χ3v) is 20.5. The van der Waals surface area contributed by atoms with E-state index in [2.05, 4.69) is 60.7 Å². The number of aliphatic hydroxyl groups excluding tert-OH is 10. The van der Waals surface area contributed by atoms with E-state index in [0.29, 0.717) is 57.8 Å². The Kier molecular flexibility index (Phi) is 76.7. The molecule has 0 aromatic heterocycles. The second kappa shape index (κ2) is 76.9. The monoisotopic (exact) mass is 2080 g/mol. The van der Waals surface area contributed by atoms with E-state index in [0.717, 1.165) is 36.4 Å². The van der Waals surface area contributed by atoms with E-state index in [1.165, 1.54) is 93.9 Å². The fourth-order valence-electron chi connectivity index (χ4n) is 13.4. The second-order valence-corrected chi connectivity index (χ2v) is 35.1. The van der Waals surface area contributed by atoms with Crippen LogP contribution in [0.3, 0.4) is 0 Å². The number of nitrogens with zero attached hydrogens (tertiary/aromatic N) is 1. The molecule has 0 amide bonds. The van der Waals surface area contributed by atoms with Gasteiger partial charge in [-0.25, -0.2) is 14.4 Å². The summed E-state index contributed by atoms with van der Waals surface area (Å²) < 4.78 is 154. The van der Waals surface area contributed by atoms with Gasteiger partial charge in [0.25, 0.3) is 0 Å². The van der Waals surface area contributed by atoms with Gasteiger partial charge in [-0.3, -0.25) is 14.4 Å². The summed E-state index contributed by atoms with van der Waals surface area (Å²) in [5, 5.41) is 118. The smallest absolute Gasteiger partial charge is 1.00 e. The maximum Gasteiger partial charge on any atom is 1.00 e. The predicted octanol–water partition coefficient (Wildman–Crippen LogP) is 10.9. The largest absolute Gasteiger partial charge is 1.00 e. The number of carbonyl (C=O) groups excluding carboxylic acids is 5. The molecule has 3 fully saturated rings. The van der Waals surface area contributed by atoms with Crippen molar-refractivity contribution in [3.05, 3.63) is 162 Å². The third-order valence-electron chi connectivity index (χ3n) is 20.4. The van der Waals surface area contributed by atoms with E-state index >= 15 is 0 Å². The third kappa shape index (κ3) is 70.2. The van der Waals surface area contributed by atoms with Crippen molar-refractivity contribution in [2.75, 3.05) is 59.1 Å². The van der Waals surface area contributed by atoms with Crippen LogP contribution in [0.1, 0.15) is 231 Å². The molecule has 3 aromatic rings. The Morgan fingerprint density at radius 3 is 0.900 bits per heavy atom.